The van der Waals surface area contributed by atoms with Gasteiger partial charge in [-0.15, -0.1) is 0 Å². The minimum absolute atomic E-state index is 0.425. The lowest BCUT2D eigenvalue weighted by atomic mass is 9.56. The van der Waals surface area contributed by atoms with Crippen molar-refractivity contribution < 1.29 is 13.2 Å². The SMILES string of the molecule is CC(C)C1CC(C#N)(c2cccc(C(F)(F)F)c2)C1. The van der Waals surface area contributed by atoms with E-state index in [9.17, 15) is 18.4 Å². The van der Waals surface area contributed by atoms with Crippen molar-refractivity contribution in [3.05, 3.63) is 35.4 Å². The van der Waals surface area contributed by atoms with Gasteiger partial charge in [-0.3, -0.25) is 0 Å². The summed E-state index contributed by atoms with van der Waals surface area (Å²) in [4.78, 5) is 0. The molecule has 0 aromatic heterocycles. The maximum Gasteiger partial charge on any atom is 0.416 e. The molecular formula is C15H16F3N. The molecule has 19 heavy (non-hydrogen) atoms. The molecule has 102 valence electrons. The van der Waals surface area contributed by atoms with Gasteiger partial charge in [0.05, 0.1) is 17.0 Å². The largest absolute Gasteiger partial charge is 0.416 e. The molecule has 1 aromatic rings. The zero-order valence-electron chi connectivity index (χ0n) is 11.0. The van der Waals surface area contributed by atoms with Crippen LogP contribution in [0.25, 0.3) is 0 Å². The number of halogens is 3. The molecule has 1 aliphatic rings. The van der Waals surface area contributed by atoms with E-state index in [0.29, 0.717) is 30.2 Å². The maximum absolute atomic E-state index is 12.7. The van der Waals surface area contributed by atoms with Crippen LogP contribution >= 0.6 is 0 Å². The molecule has 1 aliphatic carbocycles. The molecule has 0 unspecified atom stereocenters. The summed E-state index contributed by atoms with van der Waals surface area (Å²) in [6, 6.07) is 7.42. The molecule has 0 radical (unpaired) electrons. The summed E-state index contributed by atoms with van der Waals surface area (Å²) in [5.74, 6) is 0.890. The van der Waals surface area contributed by atoms with Gasteiger partial charge in [-0.05, 0) is 36.3 Å². The topological polar surface area (TPSA) is 23.8 Å². The number of nitriles is 1. The van der Waals surface area contributed by atoms with Crippen LogP contribution in [0.5, 0.6) is 0 Å². The maximum atomic E-state index is 12.7. The monoisotopic (exact) mass is 267 g/mol. The van der Waals surface area contributed by atoms with Gasteiger partial charge in [0.2, 0.25) is 0 Å². The highest BCUT2D eigenvalue weighted by molar-refractivity contribution is 5.39. The first-order chi connectivity index (χ1) is 8.78. The Kier molecular flexibility index (Phi) is 3.34. The highest BCUT2D eigenvalue weighted by Crippen LogP contribution is 2.50. The normalized spacial score (nSPS) is 26.9. The first-order valence-electron chi connectivity index (χ1n) is 6.37. The Morgan fingerprint density at radius 3 is 2.42 bits per heavy atom. The van der Waals surface area contributed by atoms with Crippen LogP contribution in [-0.2, 0) is 11.6 Å². The molecule has 0 N–H and O–H groups in total. The van der Waals surface area contributed by atoms with E-state index in [-0.39, 0.29) is 0 Å². The molecule has 0 spiro atoms. The van der Waals surface area contributed by atoms with Crippen molar-refractivity contribution in [3.63, 3.8) is 0 Å². The Bertz CT molecular complexity index is 505. The second kappa shape index (κ2) is 4.56. The fraction of sp³-hybridized carbons (Fsp3) is 0.533. The van der Waals surface area contributed by atoms with Crippen LogP contribution in [0.2, 0.25) is 0 Å². The molecule has 0 saturated heterocycles. The predicted octanol–water partition coefficient (Wildman–Crippen LogP) is 4.53. The lowest BCUT2D eigenvalue weighted by Gasteiger charge is -2.45. The molecular weight excluding hydrogens is 251 g/mol. The average Bonchev–Trinajstić information content (AvgIpc) is 2.27. The Hall–Kier alpha value is -1.50. The van der Waals surface area contributed by atoms with Gasteiger partial charge in [0.25, 0.3) is 0 Å². The van der Waals surface area contributed by atoms with Gasteiger partial charge < -0.3 is 0 Å². The Labute approximate surface area is 111 Å². The number of nitrogens with zero attached hydrogens (tertiary/aromatic N) is 1. The summed E-state index contributed by atoms with van der Waals surface area (Å²) >= 11 is 0. The molecule has 1 fully saturated rings. The molecule has 0 bridgehead atoms. The minimum Gasteiger partial charge on any atom is -0.197 e. The van der Waals surface area contributed by atoms with Crippen molar-refractivity contribution >= 4 is 0 Å². The van der Waals surface area contributed by atoms with Crippen molar-refractivity contribution in [1.29, 1.82) is 5.26 Å². The zero-order chi connectivity index (χ0) is 14.3. The molecule has 1 saturated carbocycles. The molecule has 0 amide bonds. The van der Waals surface area contributed by atoms with Crippen LogP contribution < -0.4 is 0 Å². The quantitative estimate of drug-likeness (QED) is 0.772. The van der Waals surface area contributed by atoms with E-state index < -0.39 is 17.2 Å². The molecule has 1 nitrogen and oxygen atoms in total. The van der Waals surface area contributed by atoms with Gasteiger partial charge in [-0.1, -0.05) is 32.0 Å². The fourth-order valence-corrected chi connectivity index (χ4v) is 2.69. The highest BCUT2D eigenvalue weighted by atomic mass is 19.4. The molecule has 0 atom stereocenters. The van der Waals surface area contributed by atoms with Crippen LogP contribution in [-0.4, -0.2) is 0 Å². The van der Waals surface area contributed by atoms with Crippen molar-refractivity contribution in [1.82, 2.24) is 0 Å². The van der Waals surface area contributed by atoms with E-state index in [1.54, 1.807) is 6.07 Å². The smallest absolute Gasteiger partial charge is 0.197 e. The Morgan fingerprint density at radius 2 is 1.95 bits per heavy atom. The van der Waals surface area contributed by atoms with Gasteiger partial charge in [-0.2, -0.15) is 18.4 Å². The summed E-state index contributed by atoms with van der Waals surface area (Å²) in [7, 11) is 0. The summed E-state index contributed by atoms with van der Waals surface area (Å²) in [6.07, 6.45) is -3.04. The number of hydrogen-bond acceptors (Lipinski definition) is 1. The third-order valence-corrected chi connectivity index (χ3v) is 4.12. The number of hydrogen-bond donors (Lipinski definition) is 0. The highest BCUT2D eigenvalue weighted by Gasteiger charge is 2.47. The van der Waals surface area contributed by atoms with Gasteiger partial charge in [0.15, 0.2) is 0 Å². The number of alkyl halides is 3. The summed E-state index contributed by atoms with van der Waals surface area (Å²) in [5, 5.41) is 9.35. The van der Waals surface area contributed by atoms with E-state index in [4.69, 9.17) is 0 Å². The second-order valence-corrected chi connectivity index (χ2v) is 5.68. The fourth-order valence-electron chi connectivity index (χ4n) is 2.69. The standard InChI is InChI=1S/C15H16F3N/c1-10(2)11-7-14(8-11,9-19)12-4-3-5-13(6-12)15(16,17)18/h3-6,10-11H,7-8H2,1-2H3. The zero-order valence-corrected chi connectivity index (χ0v) is 11.0. The average molecular weight is 267 g/mol. The second-order valence-electron chi connectivity index (χ2n) is 5.68. The number of benzene rings is 1. The van der Waals surface area contributed by atoms with Crippen LogP contribution in [0.1, 0.15) is 37.8 Å². The molecule has 0 heterocycles. The minimum atomic E-state index is -4.35. The van der Waals surface area contributed by atoms with Crippen molar-refractivity contribution in [2.45, 2.75) is 38.3 Å². The first-order valence-corrected chi connectivity index (χ1v) is 6.37. The van der Waals surface area contributed by atoms with Gasteiger partial charge >= 0.3 is 6.18 Å². The van der Waals surface area contributed by atoms with E-state index in [1.165, 1.54) is 6.07 Å². The van der Waals surface area contributed by atoms with Crippen LogP contribution in [0.4, 0.5) is 13.2 Å². The summed E-state index contributed by atoms with van der Waals surface area (Å²) in [5.41, 5.74) is -0.898. The summed E-state index contributed by atoms with van der Waals surface area (Å²) in [6.45, 7) is 4.16. The lowest BCUT2D eigenvalue weighted by molar-refractivity contribution is -0.137. The first kappa shape index (κ1) is 13.9. The van der Waals surface area contributed by atoms with E-state index >= 15 is 0 Å². The molecule has 2 rings (SSSR count). The third-order valence-electron chi connectivity index (χ3n) is 4.12. The van der Waals surface area contributed by atoms with E-state index in [0.717, 1.165) is 12.1 Å². The van der Waals surface area contributed by atoms with Crippen molar-refractivity contribution in [2.75, 3.05) is 0 Å². The van der Waals surface area contributed by atoms with Crippen molar-refractivity contribution in [3.8, 4) is 6.07 Å². The summed E-state index contributed by atoms with van der Waals surface area (Å²) < 4.78 is 38.1. The van der Waals surface area contributed by atoms with Gasteiger partial charge in [0, 0.05) is 0 Å². The molecule has 0 aliphatic heterocycles. The molecule has 4 heteroatoms. The third kappa shape index (κ3) is 2.47. The molecule has 1 aromatic carbocycles. The van der Waals surface area contributed by atoms with Crippen LogP contribution in [0.3, 0.4) is 0 Å². The number of rotatable bonds is 2. The van der Waals surface area contributed by atoms with Crippen LogP contribution in [0, 0.1) is 23.2 Å². The predicted molar refractivity (Wildman–Crippen MR) is 66.3 cm³/mol. The van der Waals surface area contributed by atoms with Gasteiger partial charge in [0.1, 0.15) is 0 Å². The van der Waals surface area contributed by atoms with Crippen LogP contribution in [0.15, 0.2) is 24.3 Å². The Balaban J connectivity index is 2.30. The van der Waals surface area contributed by atoms with E-state index in [2.05, 4.69) is 19.9 Å². The van der Waals surface area contributed by atoms with Gasteiger partial charge in [-0.25, -0.2) is 0 Å². The van der Waals surface area contributed by atoms with E-state index in [1.807, 2.05) is 0 Å². The Morgan fingerprint density at radius 1 is 1.32 bits per heavy atom. The lowest BCUT2D eigenvalue weighted by Crippen LogP contribution is -2.42. The van der Waals surface area contributed by atoms with Crippen molar-refractivity contribution in [2.24, 2.45) is 11.8 Å².